The van der Waals surface area contributed by atoms with Crippen molar-refractivity contribution in [1.82, 2.24) is 14.5 Å². The first kappa shape index (κ1) is 18.9. The Kier molecular flexibility index (Phi) is 5.01. The fourth-order valence-electron chi connectivity index (χ4n) is 4.25. The summed E-state index contributed by atoms with van der Waals surface area (Å²) in [4.78, 5) is 19.7. The first-order valence-corrected chi connectivity index (χ1v) is 10.6. The minimum Gasteiger partial charge on any atom is -0.338 e. The summed E-state index contributed by atoms with van der Waals surface area (Å²) in [5.41, 5.74) is 4.38. The van der Waals surface area contributed by atoms with Crippen LogP contribution in [0.2, 0.25) is 5.02 Å². The molecular formula is C25H22ClN3O. The number of likely N-dealkylation sites (tertiary alicyclic amines) is 1. The summed E-state index contributed by atoms with van der Waals surface area (Å²) in [6, 6.07) is 26.2. The zero-order valence-electron chi connectivity index (χ0n) is 16.5. The van der Waals surface area contributed by atoms with Crippen molar-refractivity contribution >= 4 is 28.5 Å². The molecule has 5 heteroatoms. The molecule has 0 spiro atoms. The monoisotopic (exact) mass is 415 g/mol. The maximum Gasteiger partial charge on any atom is 0.223 e. The fraction of sp³-hybridized carbons (Fsp3) is 0.200. The minimum atomic E-state index is 0.0842. The molecule has 2 heterocycles. The van der Waals surface area contributed by atoms with E-state index in [-0.39, 0.29) is 11.8 Å². The van der Waals surface area contributed by atoms with Gasteiger partial charge in [-0.15, -0.1) is 0 Å². The van der Waals surface area contributed by atoms with Crippen LogP contribution in [0.15, 0.2) is 78.9 Å². The van der Waals surface area contributed by atoms with Gasteiger partial charge < -0.3 is 9.47 Å². The third-order valence-corrected chi connectivity index (χ3v) is 5.99. The molecule has 1 amide bonds. The van der Waals surface area contributed by atoms with Gasteiger partial charge in [-0.2, -0.15) is 0 Å². The molecule has 0 aliphatic carbocycles. The molecule has 30 heavy (non-hydrogen) atoms. The number of halogens is 1. The molecule has 1 fully saturated rings. The highest BCUT2D eigenvalue weighted by Crippen LogP contribution is 2.32. The molecule has 1 aromatic heterocycles. The largest absolute Gasteiger partial charge is 0.338 e. The van der Waals surface area contributed by atoms with E-state index in [2.05, 4.69) is 22.8 Å². The van der Waals surface area contributed by atoms with E-state index in [9.17, 15) is 4.79 Å². The minimum absolute atomic E-state index is 0.0842. The smallest absolute Gasteiger partial charge is 0.223 e. The van der Waals surface area contributed by atoms with E-state index >= 15 is 0 Å². The van der Waals surface area contributed by atoms with Crippen LogP contribution in [0, 0.1) is 0 Å². The Hall–Kier alpha value is -3.11. The second-order valence-electron chi connectivity index (χ2n) is 7.83. The van der Waals surface area contributed by atoms with Gasteiger partial charge >= 0.3 is 0 Å². The van der Waals surface area contributed by atoms with E-state index in [1.54, 1.807) is 0 Å². The molecule has 5 rings (SSSR count). The molecule has 4 aromatic rings. The van der Waals surface area contributed by atoms with Gasteiger partial charge in [-0.25, -0.2) is 4.98 Å². The summed E-state index contributed by atoms with van der Waals surface area (Å²) in [6.45, 7) is 2.04. The highest BCUT2D eigenvalue weighted by molar-refractivity contribution is 6.30. The van der Waals surface area contributed by atoms with Gasteiger partial charge in [0.25, 0.3) is 0 Å². The van der Waals surface area contributed by atoms with E-state index in [1.807, 2.05) is 65.6 Å². The number of fused-ring (bicyclic) bond motifs is 1. The molecule has 0 radical (unpaired) electrons. The number of carbonyl (C=O) groups excluding carboxylic acids is 1. The summed E-state index contributed by atoms with van der Waals surface area (Å²) >= 11 is 6.06. The highest BCUT2D eigenvalue weighted by Gasteiger charge is 2.34. The summed E-state index contributed by atoms with van der Waals surface area (Å²) < 4.78 is 2.25. The number of carbonyl (C=O) groups is 1. The van der Waals surface area contributed by atoms with Gasteiger partial charge in [0.2, 0.25) is 5.91 Å². The topological polar surface area (TPSA) is 38.1 Å². The molecule has 1 saturated heterocycles. The van der Waals surface area contributed by atoms with Gasteiger partial charge in [-0.1, -0.05) is 66.2 Å². The van der Waals surface area contributed by atoms with Crippen LogP contribution in [0.1, 0.15) is 29.3 Å². The van der Waals surface area contributed by atoms with Gasteiger partial charge in [0, 0.05) is 37.0 Å². The lowest BCUT2D eigenvalue weighted by atomic mass is 10.1. The van der Waals surface area contributed by atoms with Crippen molar-refractivity contribution in [3.63, 3.8) is 0 Å². The predicted octanol–water partition coefficient (Wildman–Crippen LogP) is 5.25. The molecule has 1 atom stereocenters. The van der Waals surface area contributed by atoms with Gasteiger partial charge in [0.1, 0.15) is 5.82 Å². The van der Waals surface area contributed by atoms with Crippen molar-refractivity contribution in [2.24, 2.45) is 0 Å². The van der Waals surface area contributed by atoms with Crippen molar-refractivity contribution in [1.29, 1.82) is 0 Å². The average Bonchev–Trinajstić information content (AvgIpc) is 3.31. The number of benzene rings is 3. The zero-order chi connectivity index (χ0) is 20.5. The number of aromatic nitrogens is 2. The van der Waals surface area contributed by atoms with E-state index in [4.69, 9.17) is 16.6 Å². The van der Waals surface area contributed by atoms with Crippen molar-refractivity contribution in [3.05, 3.63) is 101 Å². The molecule has 1 aliphatic heterocycles. The second kappa shape index (κ2) is 7.96. The maximum absolute atomic E-state index is 12.8. The number of rotatable bonds is 5. The Morgan fingerprint density at radius 2 is 1.57 bits per heavy atom. The summed E-state index contributed by atoms with van der Waals surface area (Å²) in [5, 5.41) is 0.729. The highest BCUT2D eigenvalue weighted by atomic mass is 35.5. The van der Waals surface area contributed by atoms with E-state index in [1.165, 1.54) is 0 Å². The van der Waals surface area contributed by atoms with E-state index in [0.29, 0.717) is 26.1 Å². The first-order chi connectivity index (χ1) is 14.7. The van der Waals surface area contributed by atoms with Crippen molar-refractivity contribution in [2.45, 2.75) is 25.4 Å². The zero-order valence-corrected chi connectivity index (χ0v) is 17.3. The normalized spacial score (nSPS) is 16.5. The number of amides is 1. The molecular weight excluding hydrogens is 394 g/mol. The summed E-state index contributed by atoms with van der Waals surface area (Å²) in [5.74, 6) is 1.25. The summed E-state index contributed by atoms with van der Waals surface area (Å²) in [7, 11) is 0. The third kappa shape index (κ3) is 3.71. The Morgan fingerprint density at radius 1 is 0.867 bits per heavy atom. The predicted molar refractivity (Wildman–Crippen MR) is 120 cm³/mol. The van der Waals surface area contributed by atoms with Gasteiger partial charge in [0.05, 0.1) is 11.0 Å². The Bertz CT molecular complexity index is 1180. The molecule has 3 aromatic carbocycles. The van der Waals surface area contributed by atoms with Crippen molar-refractivity contribution in [3.8, 4) is 0 Å². The van der Waals surface area contributed by atoms with Crippen molar-refractivity contribution < 1.29 is 4.79 Å². The molecule has 1 aliphatic rings. The lowest BCUT2D eigenvalue weighted by Crippen LogP contribution is -2.24. The van der Waals surface area contributed by atoms with Gasteiger partial charge in [0.15, 0.2) is 0 Å². The van der Waals surface area contributed by atoms with Gasteiger partial charge in [-0.3, -0.25) is 4.79 Å². The first-order valence-electron chi connectivity index (χ1n) is 10.2. The molecule has 0 bridgehead atoms. The second-order valence-corrected chi connectivity index (χ2v) is 8.27. The maximum atomic E-state index is 12.8. The number of nitrogens with zero attached hydrogens (tertiary/aromatic N) is 3. The van der Waals surface area contributed by atoms with Crippen LogP contribution >= 0.6 is 11.6 Å². The SMILES string of the molecule is O=C1C[C@H](c2nc3ccccc3n2Cc2ccc(Cl)cc2)CN1Cc1ccccc1. The van der Waals surface area contributed by atoms with E-state index in [0.717, 1.165) is 33.0 Å². The van der Waals surface area contributed by atoms with Crippen LogP contribution in [-0.4, -0.2) is 26.9 Å². The Balaban J connectivity index is 1.46. The standard InChI is InChI=1S/C25H22ClN3O/c26-21-12-10-19(11-13-21)16-29-23-9-5-4-8-22(23)27-25(29)20-14-24(30)28(17-20)15-18-6-2-1-3-7-18/h1-13,20H,14-17H2/t20-/m0/s1. The van der Waals surface area contributed by atoms with E-state index < -0.39 is 0 Å². The lowest BCUT2D eigenvalue weighted by Gasteiger charge is -2.17. The van der Waals surface area contributed by atoms with Crippen LogP contribution in [-0.2, 0) is 17.9 Å². The Morgan fingerprint density at radius 3 is 2.37 bits per heavy atom. The van der Waals surface area contributed by atoms with Crippen molar-refractivity contribution in [2.75, 3.05) is 6.54 Å². The van der Waals surface area contributed by atoms with Crippen LogP contribution in [0.4, 0.5) is 0 Å². The van der Waals surface area contributed by atoms with Crippen LogP contribution in [0.25, 0.3) is 11.0 Å². The van der Waals surface area contributed by atoms with Gasteiger partial charge in [-0.05, 0) is 35.4 Å². The molecule has 150 valence electrons. The number of para-hydroxylation sites is 2. The number of hydrogen-bond donors (Lipinski definition) is 0. The molecule has 4 nitrogen and oxygen atoms in total. The number of hydrogen-bond acceptors (Lipinski definition) is 2. The van der Waals surface area contributed by atoms with Crippen LogP contribution < -0.4 is 0 Å². The quantitative estimate of drug-likeness (QED) is 0.446. The average molecular weight is 416 g/mol. The Labute approximate surface area is 180 Å². The van der Waals surface area contributed by atoms with Crippen LogP contribution in [0.3, 0.4) is 0 Å². The third-order valence-electron chi connectivity index (χ3n) is 5.73. The fourth-order valence-corrected chi connectivity index (χ4v) is 4.37. The molecule has 0 N–H and O–H groups in total. The lowest BCUT2D eigenvalue weighted by molar-refractivity contribution is -0.128. The molecule has 0 saturated carbocycles. The molecule has 0 unspecified atom stereocenters. The number of imidazole rings is 1. The van der Waals surface area contributed by atoms with Crippen LogP contribution in [0.5, 0.6) is 0 Å². The summed E-state index contributed by atoms with van der Waals surface area (Å²) in [6.07, 6.45) is 0.497.